The molecule has 2 aliphatic heterocycles. The van der Waals surface area contributed by atoms with Crippen molar-refractivity contribution in [3.8, 4) is 11.5 Å². The number of nitrogens with zero attached hydrogens (tertiary/aromatic N) is 1. The summed E-state index contributed by atoms with van der Waals surface area (Å²) in [7, 11) is 0. The van der Waals surface area contributed by atoms with E-state index in [1.54, 1.807) is 12.3 Å². The van der Waals surface area contributed by atoms with Crippen molar-refractivity contribution >= 4 is 29.3 Å². The number of amides is 1. The Morgan fingerprint density at radius 3 is 2.84 bits per heavy atom. The minimum Gasteiger partial charge on any atom is -0.504 e. The number of halogens is 1. The van der Waals surface area contributed by atoms with Crippen LogP contribution in [0, 0.1) is 5.92 Å². The van der Waals surface area contributed by atoms with Gasteiger partial charge in [0.1, 0.15) is 11.7 Å². The van der Waals surface area contributed by atoms with Crippen molar-refractivity contribution in [1.29, 1.82) is 0 Å². The Kier molecular flexibility index (Phi) is 4.98. The number of fused-ring (bicyclic) bond motifs is 1. The number of hydrogen-bond acceptors (Lipinski definition) is 6. The second-order valence-electron chi connectivity index (χ2n) is 11.5. The van der Waals surface area contributed by atoms with Gasteiger partial charge in [0.05, 0.1) is 28.9 Å². The van der Waals surface area contributed by atoms with Gasteiger partial charge in [0.25, 0.3) is 5.91 Å². The summed E-state index contributed by atoms with van der Waals surface area (Å²) < 4.78 is 12.1. The second-order valence-corrected chi connectivity index (χ2v) is 11.5. The topological polar surface area (TPSA) is 95.2 Å². The minimum atomic E-state index is -0.956. The summed E-state index contributed by atoms with van der Waals surface area (Å²) in [5, 5.41) is 27.4. The number of nitrogens with one attached hydrogen (secondary N) is 1. The molecule has 3 aliphatic carbocycles. The lowest BCUT2D eigenvalue weighted by atomic mass is 9.48. The van der Waals surface area contributed by atoms with Crippen molar-refractivity contribution < 1.29 is 24.2 Å². The average Bonchev–Trinajstić information content (AvgIpc) is 3.41. The van der Waals surface area contributed by atoms with E-state index in [9.17, 15) is 15.0 Å². The van der Waals surface area contributed by atoms with Crippen LogP contribution in [0.1, 0.15) is 53.6 Å². The first-order valence-electron chi connectivity index (χ1n) is 13.2. The molecule has 8 rings (SSSR count). The number of aliphatic hydroxyl groups is 1. The largest absolute Gasteiger partial charge is 0.504 e. The Morgan fingerprint density at radius 2 is 2.00 bits per heavy atom. The predicted octanol–water partition coefficient (Wildman–Crippen LogP) is 3.92. The zero-order valence-electron chi connectivity index (χ0n) is 20.5. The molecule has 2 saturated carbocycles. The number of benzene rings is 2. The molecule has 1 spiro atoms. The number of phenolic OH excluding ortho intramolecular Hbond substituents is 1. The molecule has 2 bridgehead atoms. The zero-order valence-corrected chi connectivity index (χ0v) is 21.3. The quantitative estimate of drug-likeness (QED) is 0.481. The summed E-state index contributed by atoms with van der Waals surface area (Å²) >= 11 is 0. The molecular formula is C29H31ClN2O5. The molecule has 0 unspecified atom stereocenters. The molecule has 5 aliphatic rings. The highest BCUT2D eigenvalue weighted by atomic mass is 35.5. The van der Waals surface area contributed by atoms with Crippen molar-refractivity contribution in [2.24, 2.45) is 5.92 Å². The molecule has 2 aromatic carbocycles. The van der Waals surface area contributed by atoms with E-state index >= 15 is 0 Å². The van der Waals surface area contributed by atoms with Crippen molar-refractivity contribution in [3.63, 3.8) is 0 Å². The smallest absolute Gasteiger partial charge is 0.252 e. The molecule has 1 saturated heterocycles. The van der Waals surface area contributed by atoms with Gasteiger partial charge in [0.2, 0.25) is 0 Å². The summed E-state index contributed by atoms with van der Waals surface area (Å²) in [6.45, 7) is 1.94. The average molecular weight is 523 g/mol. The van der Waals surface area contributed by atoms with Gasteiger partial charge in [0.15, 0.2) is 11.5 Å². The number of ether oxygens (including phenoxy) is 1. The van der Waals surface area contributed by atoms with Crippen molar-refractivity contribution in [1.82, 2.24) is 10.2 Å². The minimum absolute atomic E-state index is 0. The number of rotatable bonds is 4. The Labute approximate surface area is 221 Å². The van der Waals surface area contributed by atoms with E-state index in [0.29, 0.717) is 29.7 Å². The number of phenols is 1. The zero-order chi connectivity index (χ0) is 24.2. The van der Waals surface area contributed by atoms with E-state index in [1.165, 1.54) is 12.8 Å². The maximum Gasteiger partial charge on any atom is 0.252 e. The molecule has 5 atom stereocenters. The lowest BCUT2D eigenvalue weighted by Gasteiger charge is -2.64. The number of carbonyl (C=O) groups is 1. The lowest BCUT2D eigenvalue weighted by molar-refractivity contribution is -0.191. The third-order valence-corrected chi connectivity index (χ3v) is 9.82. The Bertz CT molecular complexity index is 1420. The molecule has 1 amide bonds. The van der Waals surface area contributed by atoms with Gasteiger partial charge < -0.3 is 24.7 Å². The highest BCUT2D eigenvalue weighted by molar-refractivity contribution is 6.06. The van der Waals surface area contributed by atoms with Crippen LogP contribution in [-0.4, -0.2) is 57.9 Å². The first-order valence-corrected chi connectivity index (χ1v) is 13.2. The van der Waals surface area contributed by atoms with Gasteiger partial charge in [-0.15, -0.1) is 12.4 Å². The lowest BCUT2D eigenvalue weighted by Crippen LogP contribution is -2.78. The van der Waals surface area contributed by atoms with Crippen molar-refractivity contribution in [2.75, 3.05) is 13.1 Å². The van der Waals surface area contributed by atoms with Crippen LogP contribution in [0.25, 0.3) is 11.0 Å². The molecule has 194 valence electrons. The summed E-state index contributed by atoms with van der Waals surface area (Å²) in [5.41, 5.74) is 1.79. The van der Waals surface area contributed by atoms with Gasteiger partial charge >= 0.3 is 0 Å². The summed E-state index contributed by atoms with van der Waals surface area (Å²) in [6, 6.07) is 10.8. The monoisotopic (exact) mass is 522 g/mol. The van der Waals surface area contributed by atoms with Gasteiger partial charge in [-0.25, -0.2) is 0 Å². The molecule has 37 heavy (non-hydrogen) atoms. The number of likely N-dealkylation sites (tertiary alicyclic amines) is 1. The maximum absolute atomic E-state index is 13.5. The van der Waals surface area contributed by atoms with E-state index in [1.807, 2.05) is 30.3 Å². The fourth-order valence-electron chi connectivity index (χ4n) is 8.07. The number of piperidine rings is 1. The Hall–Kier alpha value is -2.74. The van der Waals surface area contributed by atoms with E-state index in [2.05, 4.69) is 10.2 Å². The van der Waals surface area contributed by atoms with E-state index in [0.717, 1.165) is 48.4 Å². The third-order valence-electron chi connectivity index (χ3n) is 9.82. The van der Waals surface area contributed by atoms with Crippen LogP contribution in [0.15, 0.2) is 47.1 Å². The number of furan rings is 1. The van der Waals surface area contributed by atoms with E-state index in [4.69, 9.17) is 9.15 Å². The van der Waals surface area contributed by atoms with Crippen LogP contribution >= 0.6 is 12.4 Å². The van der Waals surface area contributed by atoms with Crippen LogP contribution in [0.4, 0.5) is 0 Å². The molecular weight excluding hydrogens is 492 g/mol. The highest BCUT2D eigenvalue weighted by Gasteiger charge is 2.73. The molecule has 3 N–H and O–H groups in total. The van der Waals surface area contributed by atoms with Crippen LogP contribution in [0.2, 0.25) is 0 Å². The SMILES string of the molecule is Cl.O=C(N[C@@H]1CC[C@@]2(O)[C@H]3Cc4ccc(O)c5c4[C@@]2(CCN3CC2CC2)[C@H]1O5)c1cccc2occc12. The molecule has 3 aromatic rings. The van der Waals surface area contributed by atoms with Gasteiger partial charge in [0, 0.05) is 23.5 Å². The molecule has 7 nitrogen and oxygen atoms in total. The van der Waals surface area contributed by atoms with Crippen LogP contribution in [0.5, 0.6) is 11.5 Å². The molecule has 0 radical (unpaired) electrons. The third kappa shape index (κ3) is 2.99. The standard InChI is InChI=1S/C29H30N2O5.ClH/c32-21-7-6-17-14-23-29(34)10-8-20(30-27(33)19-2-1-3-22-18(19)9-13-35-22)26-28(29,24(17)25(21)36-26)11-12-31(23)15-16-4-5-16;/h1-3,6-7,9,13,16,20,23,26,32,34H,4-5,8,10-12,14-15H2,(H,30,33);1H/t20-,23-,26+,28+,29-;/m1./s1. The second kappa shape index (κ2) is 7.88. The maximum atomic E-state index is 13.5. The fourth-order valence-corrected chi connectivity index (χ4v) is 8.07. The predicted molar refractivity (Wildman–Crippen MR) is 140 cm³/mol. The normalized spacial score (nSPS) is 33.4. The highest BCUT2D eigenvalue weighted by Crippen LogP contribution is 2.65. The Morgan fingerprint density at radius 1 is 1.14 bits per heavy atom. The number of aromatic hydroxyl groups is 1. The van der Waals surface area contributed by atoms with Crippen molar-refractivity contribution in [3.05, 3.63) is 59.4 Å². The van der Waals surface area contributed by atoms with Gasteiger partial charge in [-0.2, -0.15) is 0 Å². The summed E-state index contributed by atoms with van der Waals surface area (Å²) in [5.74, 6) is 1.20. The fraction of sp³-hybridized carbons (Fsp3) is 0.483. The van der Waals surface area contributed by atoms with Crippen molar-refractivity contribution in [2.45, 2.75) is 67.7 Å². The van der Waals surface area contributed by atoms with E-state index < -0.39 is 17.1 Å². The van der Waals surface area contributed by atoms with Gasteiger partial charge in [-0.3, -0.25) is 9.69 Å². The van der Waals surface area contributed by atoms with Gasteiger partial charge in [-0.05, 0) is 80.8 Å². The molecule has 3 heterocycles. The summed E-state index contributed by atoms with van der Waals surface area (Å²) in [4.78, 5) is 16.0. The number of hydrogen-bond donors (Lipinski definition) is 3. The first-order chi connectivity index (χ1) is 17.5. The number of carbonyl (C=O) groups excluding carboxylic acids is 1. The summed E-state index contributed by atoms with van der Waals surface area (Å²) in [6.07, 6.45) is 6.46. The van der Waals surface area contributed by atoms with Crippen LogP contribution in [-0.2, 0) is 11.8 Å². The van der Waals surface area contributed by atoms with Crippen LogP contribution < -0.4 is 10.1 Å². The van der Waals surface area contributed by atoms with E-state index in [-0.39, 0.29) is 36.1 Å². The molecule has 8 heteroatoms. The first kappa shape index (κ1) is 23.4. The Balaban J connectivity index is 0.00000231. The molecule has 1 aromatic heterocycles. The van der Waals surface area contributed by atoms with Gasteiger partial charge in [-0.1, -0.05) is 12.1 Å². The molecule has 3 fully saturated rings. The van der Waals surface area contributed by atoms with Crippen LogP contribution in [0.3, 0.4) is 0 Å².